The Labute approximate surface area is 185 Å². The first kappa shape index (κ1) is 25.0. The van der Waals surface area contributed by atoms with Gasteiger partial charge >= 0.3 is 5.97 Å². The summed E-state index contributed by atoms with van der Waals surface area (Å²) in [4.78, 5) is 41.7. The molecule has 1 saturated carbocycles. The minimum absolute atomic E-state index is 0.0224. The first-order valence-electron chi connectivity index (χ1n) is 11.4. The molecule has 1 aliphatic carbocycles. The second kappa shape index (κ2) is 11.4. The lowest BCUT2D eigenvalue weighted by molar-refractivity contribution is -0.155. The van der Waals surface area contributed by atoms with Gasteiger partial charge in [-0.1, -0.05) is 50.1 Å². The molecule has 0 saturated heterocycles. The van der Waals surface area contributed by atoms with Crippen LogP contribution in [0.3, 0.4) is 0 Å². The molecule has 1 atom stereocenters. The SMILES string of the molecule is CC(=O)CN(C)C(=O)c1noc([C@H](CCCC2CCCCC2)CC(=O)OC(C)(C)C)n1. The Bertz CT molecular complexity index is 747. The number of carbonyl (C=O) groups is 3. The summed E-state index contributed by atoms with van der Waals surface area (Å²) in [7, 11) is 1.52. The summed E-state index contributed by atoms with van der Waals surface area (Å²) in [6.45, 7) is 6.88. The summed E-state index contributed by atoms with van der Waals surface area (Å²) in [6, 6.07) is 0. The topological polar surface area (TPSA) is 103 Å². The molecule has 0 aliphatic heterocycles. The van der Waals surface area contributed by atoms with Crippen molar-refractivity contribution in [2.45, 2.75) is 97.0 Å². The molecular weight excluding hydrogens is 398 g/mol. The van der Waals surface area contributed by atoms with Crippen LogP contribution in [0.4, 0.5) is 0 Å². The molecule has 0 radical (unpaired) electrons. The van der Waals surface area contributed by atoms with Crippen LogP contribution in [0.5, 0.6) is 0 Å². The number of aromatic nitrogens is 2. The van der Waals surface area contributed by atoms with Gasteiger partial charge in [-0.15, -0.1) is 0 Å². The van der Waals surface area contributed by atoms with Crippen molar-refractivity contribution in [2.24, 2.45) is 5.92 Å². The molecule has 1 heterocycles. The summed E-state index contributed by atoms with van der Waals surface area (Å²) in [5.41, 5.74) is -0.574. The van der Waals surface area contributed by atoms with Gasteiger partial charge < -0.3 is 14.2 Å². The van der Waals surface area contributed by atoms with E-state index in [0.29, 0.717) is 0 Å². The third-order valence-corrected chi connectivity index (χ3v) is 5.51. The van der Waals surface area contributed by atoms with Gasteiger partial charge in [-0.25, -0.2) is 0 Å². The fourth-order valence-electron chi connectivity index (χ4n) is 4.09. The Balaban J connectivity index is 2.05. The van der Waals surface area contributed by atoms with Gasteiger partial charge in [0.05, 0.1) is 13.0 Å². The number of Topliss-reactive ketones (excluding diaryl/α,β-unsaturated/α-hetero) is 1. The number of hydrogen-bond donors (Lipinski definition) is 0. The monoisotopic (exact) mass is 435 g/mol. The molecule has 1 aromatic heterocycles. The van der Waals surface area contributed by atoms with E-state index in [0.717, 1.165) is 25.2 Å². The molecule has 31 heavy (non-hydrogen) atoms. The van der Waals surface area contributed by atoms with E-state index in [1.165, 1.54) is 51.0 Å². The van der Waals surface area contributed by atoms with Crippen molar-refractivity contribution in [1.82, 2.24) is 15.0 Å². The van der Waals surface area contributed by atoms with E-state index in [9.17, 15) is 14.4 Å². The zero-order valence-corrected chi connectivity index (χ0v) is 19.6. The minimum Gasteiger partial charge on any atom is -0.460 e. The maximum absolute atomic E-state index is 12.5. The molecule has 1 fully saturated rings. The summed E-state index contributed by atoms with van der Waals surface area (Å²) in [5, 5.41) is 3.80. The van der Waals surface area contributed by atoms with E-state index in [1.807, 2.05) is 20.8 Å². The van der Waals surface area contributed by atoms with Crippen LogP contribution in [0.2, 0.25) is 0 Å². The Morgan fingerprint density at radius 1 is 1.19 bits per heavy atom. The van der Waals surface area contributed by atoms with E-state index in [-0.39, 0.29) is 42.4 Å². The number of ether oxygens (including phenoxy) is 1. The van der Waals surface area contributed by atoms with Crippen molar-refractivity contribution in [3.05, 3.63) is 11.7 Å². The Morgan fingerprint density at radius 2 is 1.87 bits per heavy atom. The van der Waals surface area contributed by atoms with Gasteiger partial charge in [-0.3, -0.25) is 14.4 Å². The number of nitrogens with zero attached hydrogens (tertiary/aromatic N) is 3. The highest BCUT2D eigenvalue weighted by molar-refractivity contribution is 5.93. The van der Waals surface area contributed by atoms with Crippen LogP contribution in [0.25, 0.3) is 0 Å². The Kier molecular flexibility index (Phi) is 9.19. The van der Waals surface area contributed by atoms with Crippen LogP contribution < -0.4 is 0 Å². The van der Waals surface area contributed by atoms with Gasteiger partial charge in [-0.2, -0.15) is 4.98 Å². The quantitative estimate of drug-likeness (QED) is 0.505. The molecule has 2 rings (SSSR count). The van der Waals surface area contributed by atoms with Crippen LogP contribution in [0, 0.1) is 5.92 Å². The zero-order valence-electron chi connectivity index (χ0n) is 19.6. The summed E-state index contributed by atoms with van der Waals surface area (Å²) in [6.07, 6.45) is 9.39. The number of hydrogen-bond acceptors (Lipinski definition) is 7. The van der Waals surface area contributed by atoms with Crippen LogP contribution >= 0.6 is 0 Å². The lowest BCUT2D eigenvalue weighted by Gasteiger charge is -2.23. The summed E-state index contributed by atoms with van der Waals surface area (Å²) < 4.78 is 10.9. The van der Waals surface area contributed by atoms with E-state index < -0.39 is 11.5 Å². The van der Waals surface area contributed by atoms with Crippen molar-refractivity contribution < 1.29 is 23.6 Å². The molecule has 8 heteroatoms. The van der Waals surface area contributed by atoms with E-state index >= 15 is 0 Å². The molecule has 8 nitrogen and oxygen atoms in total. The molecular formula is C23H37N3O5. The Hall–Kier alpha value is -2.25. The highest BCUT2D eigenvalue weighted by Gasteiger charge is 2.28. The van der Waals surface area contributed by atoms with Gasteiger partial charge in [0.25, 0.3) is 11.7 Å². The average Bonchev–Trinajstić information content (AvgIpc) is 3.15. The average molecular weight is 436 g/mol. The first-order chi connectivity index (χ1) is 14.5. The number of rotatable bonds is 10. The first-order valence-corrected chi connectivity index (χ1v) is 11.4. The second-order valence-corrected chi connectivity index (χ2v) is 9.74. The summed E-state index contributed by atoms with van der Waals surface area (Å²) in [5.74, 6) is -0.320. The molecule has 1 aromatic rings. The van der Waals surface area contributed by atoms with E-state index in [1.54, 1.807) is 0 Å². The molecule has 0 aromatic carbocycles. The fraction of sp³-hybridized carbons (Fsp3) is 0.783. The van der Waals surface area contributed by atoms with Crippen LogP contribution in [0.15, 0.2) is 4.52 Å². The number of ketones is 1. The predicted molar refractivity (Wildman–Crippen MR) is 116 cm³/mol. The van der Waals surface area contributed by atoms with Crippen LogP contribution in [0.1, 0.15) is 108 Å². The number of carbonyl (C=O) groups excluding carboxylic acids is 3. The molecule has 0 unspecified atom stereocenters. The van der Waals surface area contributed by atoms with E-state index in [4.69, 9.17) is 9.26 Å². The molecule has 1 amide bonds. The largest absolute Gasteiger partial charge is 0.460 e. The van der Waals surface area contributed by atoms with Crippen LogP contribution in [-0.2, 0) is 14.3 Å². The minimum atomic E-state index is -0.574. The number of likely N-dealkylation sites (N-methyl/N-ethyl adjacent to an activating group) is 1. The van der Waals surface area contributed by atoms with Crippen molar-refractivity contribution in [1.29, 1.82) is 0 Å². The Morgan fingerprint density at radius 3 is 2.48 bits per heavy atom. The predicted octanol–water partition coefficient (Wildman–Crippen LogP) is 4.30. The van der Waals surface area contributed by atoms with E-state index in [2.05, 4.69) is 10.1 Å². The molecule has 0 bridgehead atoms. The molecule has 0 N–H and O–H groups in total. The van der Waals surface area contributed by atoms with Gasteiger partial charge in [0.2, 0.25) is 5.89 Å². The van der Waals surface area contributed by atoms with Gasteiger partial charge in [-0.05, 0) is 40.0 Å². The molecule has 0 spiro atoms. The van der Waals surface area contributed by atoms with Crippen molar-refractivity contribution in [2.75, 3.05) is 13.6 Å². The molecule has 174 valence electrons. The summed E-state index contributed by atoms with van der Waals surface area (Å²) >= 11 is 0. The normalized spacial score (nSPS) is 16.0. The van der Waals surface area contributed by atoms with Gasteiger partial charge in [0.15, 0.2) is 0 Å². The zero-order chi connectivity index (χ0) is 23.0. The maximum Gasteiger partial charge on any atom is 0.307 e. The van der Waals surface area contributed by atoms with Crippen molar-refractivity contribution >= 4 is 17.7 Å². The van der Waals surface area contributed by atoms with Crippen LogP contribution in [-0.4, -0.2) is 51.9 Å². The third kappa shape index (κ3) is 8.79. The number of amides is 1. The second-order valence-electron chi connectivity index (χ2n) is 9.74. The lowest BCUT2D eigenvalue weighted by atomic mass is 9.84. The fourth-order valence-corrected chi connectivity index (χ4v) is 4.09. The highest BCUT2D eigenvalue weighted by Crippen LogP contribution is 2.31. The standard InChI is InChI=1S/C23H37N3O5/c1-16(27)15-26(5)22(29)20-24-21(31-25-20)18(14-19(28)30-23(2,3)4)13-9-12-17-10-7-6-8-11-17/h17-18H,6-15H2,1-5H3/t18-/m1/s1. The molecule has 1 aliphatic rings. The maximum atomic E-state index is 12.5. The smallest absolute Gasteiger partial charge is 0.307 e. The van der Waals surface area contributed by atoms with Gasteiger partial charge in [0, 0.05) is 13.0 Å². The van der Waals surface area contributed by atoms with Crippen molar-refractivity contribution in [3.63, 3.8) is 0 Å². The van der Waals surface area contributed by atoms with Crippen molar-refractivity contribution in [3.8, 4) is 0 Å². The lowest BCUT2D eigenvalue weighted by Crippen LogP contribution is -2.31. The third-order valence-electron chi connectivity index (χ3n) is 5.51. The number of esters is 1. The van der Waals surface area contributed by atoms with Gasteiger partial charge in [0.1, 0.15) is 11.4 Å². The highest BCUT2D eigenvalue weighted by atomic mass is 16.6.